The molecule has 1 heterocycles. The maximum atomic E-state index is 11.2. The smallest absolute Gasteiger partial charge is 0.404 e. The lowest BCUT2D eigenvalue weighted by Crippen LogP contribution is -2.32. The van der Waals surface area contributed by atoms with E-state index in [1.807, 2.05) is 0 Å². The molecule has 0 atom stereocenters. The van der Waals surface area contributed by atoms with Crippen molar-refractivity contribution in [1.82, 2.24) is 10.2 Å². The van der Waals surface area contributed by atoms with Gasteiger partial charge in [-0.05, 0) is 6.07 Å². The average molecular weight is 227 g/mol. The molecule has 0 aliphatic heterocycles. The Morgan fingerprint density at radius 1 is 1.56 bits per heavy atom. The third-order valence-corrected chi connectivity index (χ3v) is 1.90. The van der Waals surface area contributed by atoms with Crippen molar-refractivity contribution in [3.05, 3.63) is 28.0 Å². The number of furan rings is 1. The lowest BCUT2D eigenvalue weighted by Gasteiger charge is -2.09. The van der Waals surface area contributed by atoms with Gasteiger partial charge in [-0.3, -0.25) is 14.9 Å². The van der Waals surface area contributed by atoms with Crippen molar-refractivity contribution in [3.63, 3.8) is 0 Å². The quantitative estimate of drug-likeness (QED) is 0.579. The molecule has 1 rings (SSSR count). The summed E-state index contributed by atoms with van der Waals surface area (Å²) in [7, 11) is 3.31. The summed E-state index contributed by atoms with van der Waals surface area (Å²) in [6.45, 7) is 0.453. The van der Waals surface area contributed by atoms with Gasteiger partial charge in [-0.2, -0.15) is 0 Å². The lowest BCUT2D eigenvalue weighted by molar-refractivity contribution is -0.402. The van der Waals surface area contributed by atoms with E-state index in [4.69, 9.17) is 4.42 Å². The van der Waals surface area contributed by atoms with Crippen LogP contribution in [0.4, 0.5) is 5.88 Å². The molecule has 1 aromatic heterocycles. The minimum absolute atomic E-state index is 0.0685. The van der Waals surface area contributed by atoms with Crippen LogP contribution >= 0.6 is 0 Å². The van der Waals surface area contributed by atoms with Gasteiger partial charge in [-0.25, -0.2) is 0 Å². The molecule has 0 saturated heterocycles. The van der Waals surface area contributed by atoms with Gasteiger partial charge in [-0.1, -0.05) is 0 Å². The first-order chi connectivity index (χ1) is 7.50. The van der Waals surface area contributed by atoms with Crippen LogP contribution in [0.25, 0.3) is 0 Å². The lowest BCUT2D eigenvalue weighted by atomic mass is 10.4. The summed E-state index contributed by atoms with van der Waals surface area (Å²) in [6, 6.07) is 2.79. The SMILES string of the molecule is CN(C)C(=O)CNCc1ccc([N+](=O)[O-])o1. The second kappa shape index (κ2) is 5.26. The minimum Gasteiger partial charge on any atom is -0.404 e. The molecule has 0 spiro atoms. The van der Waals surface area contributed by atoms with E-state index in [-0.39, 0.29) is 24.9 Å². The van der Waals surface area contributed by atoms with Crippen LogP contribution in [-0.2, 0) is 11.3 Å². The molecule has 7 nitrogen and oxygen atoms in total. The number of carbonyl (C=O) groups is 1. The van der Waals surface area contributed by atoms with Gasteiger partial charge in [0.15, 0.2) is 0 Å². The predicted octanol–water partition coefficient (Wildman–Crippen LogP) is 0.366. The summed E-state index contributed by atoms with van der Waals surface area (Å²) < 4.78 is 4.90. The Balaban J connectivity index is 2.37. The van der Waals surface area contributed by atoms with Gasteiger partial charge in [0, 0.05) is 14.1 Å². The number of amides is 1. The van der Waals surface area contributed by atoms with E-state index in [0.717, 1.165) is 0 Å². The molecule has 7 heteroatoms. The highest BCUT2D eigenvalue weighted by atomic mass is 16.6. The molecule has 1 aromatic rings. The molecular formula is C9H13N3O4. The number of hydrogen-bond acceptors (Lipinski definition) is 5. The predicted molar refractivity (Wildman–Crippen MR) is 55.8 cm³/mol. The number of nitro groups is 1. The minimum atomic E-state index is -0.603. The third kappa shape index (κ3) is 3.35. The first-order valence-electron chi connectivity index (χ1n) is 4.64. The van der Waals surface area contributed by atoms with Crippen LogP contribution in [0.2, 0.25) is 0 Å². The molecule has 0 fully saturated rings. The number of hydrogen-bond donors (Lipinski definition) is 1. The van der Waals surface area contributed by atoms with Gasteiger partial charge >= 0.3 is 5.88 Å². The molecule has 0 saturated carbocycles. The summed E-state index contributed by atoms with van der Waals surface area (Å²) in [5.74, 6) is 0.0649. The van der Waals surface area contributed by atoms with E-state index >= 15 is 0 Å². The van der Waals surface area contributed by atoms with E-state index in [2.05, 4.69) is 5.32 Å². The molecule has 0 aromatic carbocycles. The fourth-order valence-corrected chi connectivity index (χ4v) is 1.01. The van der Waals surface area contributed by atoms with E-state index in [1.165, 1.54) is 17.0 Å². The van der Waals surface area contributed by atoms with Crippen molar-refractivity contribution in [1.29, 1.82) is 0 Å². The number of likely N-dealkylation sites (N-methyl/N-ethyl adjacent to an activating group) is 1. The van der Waals surface area contributed by atoms with Crippen molar-refractivity contribution in [2.45, 2.75) is 6.54 Å². The molecule has 0 aliphatic rings. The summed E-state index contributed by atoms with van der Waals surface area (Å²) in [5, 5.41) is 13.1. The van der Waals surface area contributed by atoms with Crippen LogP contribution in [0, 0.1) is 10.1 Å². The normalized spacial score (nSPS) is 10.1. The molecule has 1 amide bonds. The summed E-state index contributed by atoms with van der Waals surface area (Å²) in [4.78, 5) is 22.3. The van der Waals surface area contributed by atoms with E-state index in [1.54, 1.807) is 14.1 Å². The van der Waals surface area contributed by atoms with Crippen molar-refractivity contribution in [3.8, 4) is 0 Å². The Hall–Kier alpha value is -1.89. The number of carbonyl (C=O) groups excluding carboxylic acids is 1. The van der Waals surface area contributed by atoms with Gasteiger partial charge in [-0.15, -0.1) is 0 Å². The molecular weight excluding hydrogens is 214 g/mol. The Kier molecular flexibility index (Phi) is 4.01. The Labute approximate surface area is 92.2 Å². The van der Waals surface area contributed by atoms with Crippen LogP contribution in [0.3, 0.4) is 0 Å². The Morgan fingerprint density at radius 2 is 2.25 bits per heavy atom. The van der Waals surface area contributed by atoms with Gasteiger partial charge in [0.1, 0.15) is 10.7 Å². The fraction of sp³-hybridized carbons (Fsp3) is 0.444. The van der Waals surface area contributed by atoms with Crippen LogP contribution in [0.5, 0.6) is 0 Å². The zero-order valence-corrected chi connectivity index (χ0v) is 9.10. The third-order valence-electron chi connectivity index (χ3n) is 1.90. The Bertz CT molecular complexity index is 386. The fourth-order valence-electron chi connectivity index (χ4n) is 1.01. The van der Waals surface area contributed by atoms with E-state index in [9.17, 15) is 14.9 Å². The molecule has 0 unspecified atom stereocenters. The summed E-state index contributed by atoms with van der Waals surface area (Å²) in [6.07, 6.45) is 0. The zero-order valence-electron chi connectivity index (χ0n) is 9.10. The van der Waals surface area contributed by atoms with Crippen molar-refractivity contribution >= 4 is 11.8 Å². The summed E-state index contributed by atoms with van der Waals surface area (Å²) >= 11 is 0. The molecule has 1 N–H and O–H groups in total. The van der Waals surface area contributed by atoms with Gasteiger partial charge in [0.25, 0.3) is 0 Å². The first kappa shape index (κ1) is 12.2. The molecule has 16 heavy (non-hydrogen) atoms. The van der Waals surface area contributed by atoms with Crippen LogP contribution in [0.1, 0.15) is 5.76 Å². The number of nitrogens with zero attached hydrogens (tertiary/aromatic N) is 2. The maximum Gasteiger partial charge on any atom is 0.433 e. The largest absolute Gasteiger partial charge is 0.433 e. The van der Waals surface area contributed by atoms with Crippen LogP contribution in [0.15, 0.2) is 16.5 Å². The van der Waals surface area contributed by atoms with Crippen LogP contribution < -0.4 is 5.32 Å². The molecule has 0 bridgehead atoms. The van der Waals surface area contributed by atoms with Crippen molar-refractivity contribution < 1.29 is 14.1 Å². The highest BCUT2D eigenvalue weighted by molar-refractivity contribution is 5.77. The second-order valence-corrected chi connectivity index (χ2v) is 3.39. The maximum absolute atomic E-state index is 11.2. The molecule has 0 aliphatic carbocycles. The monoisotopic (exact) mass is 227 g/mol. The van der Waals surface area contributed by atoms with Gasteiger partial charge in [0.05, 0.1) is 19.2 Å². The van der Waals surface area contributed by atoms with E-state index in [0.29, 0.717) is 5.76 Å². The van der Waals surface area contributed by atoms with Crippen LogP contribution in [-0.4, -0.2) is 36.4 Å². The highest BCUT2D eigenvalue weighted by Crippen LogP contribution is 2.14. The first-order valence-corrected chi connectivity index (χ1v) is 4.64. The summed E-state index contributed by atoms with van der Waals surface area (Å²) in [5.41, 5.74) is 0. The zero-order chi connectivity index (χ0) is 12.1. The van der Waals surface area contributed by atoms with Gasteiger partial charge < -0.3 is 14.6 Å². The molecule has 88 valence electrons. The number of rotatable bonds is 5. The standard InChI is InChI=1S/C9H13N3O4/c1-11(2)8(13)6-10-5-7-3-4-9(16-7)12(14)15/h3-4,10H,5-6H2,1-2H3. The number of nitrogens with one attached hydrogen (secondary N) is 1. The second-order valence-electron chi connectivity index (χ2n) is 3.39. The highest BCUT2D eigenvalue weighted by Gasteiger charge is 2.11. The molecule has 0 radical (unpaired) electrons. The van der Waals surface area contributed by atoms with Crippen molar-refractivity contribution in [2.75, 3.05) is 20.6 Å². The van der Waals surface area contributed by atoms with Crippen molar-refractivity contribution in [2.24, 2.45) is 0 Å². The Morgan fingerprint density at radius 3 is 2.75 bits per heavy atom. The van der Waals surface area contributed by atoms with Gasteiger partial charge in [0.2, 0.25) is 5.91 Å². The van der Waals surface area contributed by atoms with E-state index < -0.39 is 4.92 Å². The topological polar surface area (TPSA) is 88.6 Å². The average Bonchev–Trinajstić information content (AvgIpc) is 2.66.